The van der Waals surface area contributed by atoms with Crippen molar-refractivity contribution in [3.05, 3.63) is 101 Å². The van der Waals surface area contributed by atoms with E-state index in [1.54, 1.807) is 55.6 Å². The van der Waals surface area contributed by atoms with Crippen LogP contribution in [0, 0.1) is 17.1 Å². The fraction of sp³-hybridized carbons (Fsp3) is 0.120. The summed E-state index contributed by atoms with van der Waals surface area (Å²) in [6.07, 6.45) is 1.49. The maximum atomic E-state index is 13.1. The number of halogens is 1. The first-order valence-electron chi connectivity index (χ1n) is 9.58. The molecular weight excluding hydrogens is 395 g/mol. The highest BCUT2D eigenvalue weighted by atomic mass is 19.1. The van der Waals surface area contributed by atoms with Gasteiger partial charge < -0.3 is 14.8 Å². The van der Waals surface area contributed by atoms with E-state index >= 15 is 0 Å². The molecule has 0 saturated carbocycles. The summed E-state index contributed by atoms with van der Waals surface area (Å²) in [5.74, 6) is 0.450. The third-order valence-corrected chi connectivity index (χ3v) is 4.50. The molecule has 0 spiro atoms. The molecule has 3 aromatic rings. The first-order valence-corrected chi connectivity index (χ1v) is 9.58. The van der Waals surface area contributed by atoms with Gasteiger partial charge in [-0.3, -0.25) is 4.79 Å². The van der Waals surface area contributed by atoms with Crippen LogP contribution in [0.4, 0.5) is 4.39 Å². The van der Waals surface area contributed by atoms with E-state index < -0.39 is 5.91 Å². The van der Waals surface area contributed by atoms with Crippen molar-refractivity contribution in [1.82, 2.24) is 5.32 Å². The summed E-state index contributed by atoms with van der Waals surface area (Å²) < 4.78 is 24.0. The summed E-state index contributed by atoms with van der Waals surface area (Å²) in [6, 6.07) is 22.3. The van der Waals surface area contributed by atoms with Gasteiger partial charge in [0.15, 0.2) is 0 Å². The Morgan fingerprint density at radius 2 is 1.71 bits per heavy atom. The van der Waals surface area contributed by atoms with Crippen molar-refractivity contribution < 1.29 is 18.7 Å². The van der Waals surface area contributed by atoms with Gasteiger partial charge in [-0.25, -0.2) is 4.39 Å². The summed E-state index contributed by atoms with van der Waals surface area (Å²) in [7, 11) is 1.59. The van der Waals surface area contributed by atoms with Gasteiger partial charge in [0.2, 0.25) is 0 Å². The zero-order valence-electron chi connectivity index (χ0n) is 17.0. The second-order valence-corrected chi connectivity index (χ2v) is 6.65. The fourth-order valence-electron chi connectivity index (χ4n) is 2.80. The zero-order chi connectivity index (χ0) is 22.1. The third-order valence-electron chi connectivity index (χ3n) is 4.50. The number of benzene rings is 3. The van der Waals surface area contributed by atoms with Gasteiger partial charge in [0.05, 0.1) is 7.11 Å². The molecule has 0 aliphatic heterocycles. The van der Waals surface area contributed by atoms with Crippen LogP contribution in [0.3, 0.4) is 0 Å². The average molecular weight is 416 g/mol. The van der Waals surface area contributed by atoms with Crippen LogP contribution in [0.15, 0.2) is 78.4 Å². The number of carbonyl (C=O) groups excluding carboxylic acids is 1. The van der Waals surface area contributed by atoms with Crippen LogP contribution < -0.4 is 14.8 Å². The minimum absolute atomic E-state index is 0.0358. The number of nitriles is 1. The van der Waals surface area contributed by atoms with Gasteiger partial charge in [-0.15, -0.1) is 0 Å². The van der Waals surface area contributed by atoms with Crippen molar-refractivity contribution >= 4 is 12.0 Å². The number of amides is 1. The number of ether oxygens (including phenoxy) is 2. The molecule has 0 saturated heterocycles. The van der Waals surface area contributed by atoms with Crippen molar-refractivity contribution in [2.45, 2.75) is 13.2 Å². The van der Waals surface area contributed by atoms with E-state index in [1.165, 1.54) is 18.2 Å². The minimum atomic E-state index is -0.480. The molecule has 0 aliphatic rings. The Bertz CT molecular complexity index is 1100. The first-order chi connectivity index (χ1) is 15.1. The molecule has 0 unspecified atom stereocenters. The number of hydrogen-bond acceptors (Lipinski definition) is 4. The highest BCUT2D eigenvalue weighted by Crippen LogP contribution is 2.22. The van der Waals surface area contributed by atoms with Gasteiger partial charge in [-0.1, -0.05) is 42.5 Å². The van der Waals surface area contributed by atoms with Crippen LogP contribution >= 0.6 is 0 Å². The van der Waals surface area contributed by atoms with Crippen molar-refractivity contribution in [2.75, 3.05) is 7.11 Å². The lowest BCUT2D eigenvalue weighted by Gasteiger charge is -2.10. The Labute approximate surface area is 180 Å². The van der Waals surface area contributed by atoms with Crippen LogP contribution in [0.1, 0.15) is 16.7 Å². The van der Waals surface area contributed by atoms with Crippen LogP contribution in [-0.4, -0.2) is 13.0 Å². The number of hydrogen-bond donors (Lipinski definition) is 1. The van der Waals surface area contributed by atoms with E-state index in [-0.39, 0.29) is 24.5 Å². The number of rotatable bonds is 8. The van der Waals surface area contributed by atoms with E-state index in [0.29, 0.717) is 11.3 Å². The molecule has 5 nitrogen and oxygen atoms in total. The molecule has 6 heteroatoms. The molecule has 156 valence electrons. The van der Waals surface area contributed by atoms with Crippen LogP contribution in [-0.2, 0) is 17.9 Å². The van der Waals surface area contributed by atoms with E-state index in [9.17, 15) is 14.4 Å². The van der Waals surface area contributed by atoms with E-state index in [4.69, 9.17) is 9.47 Å². The Kier molecular flexibility index (Phi) is 7.39. The van der Waals surface area contributed by atoms with Crippen LogP contribution in [0.2, 0.25) is 0 Å². The predicted molar refractivity (Wildman–Crippen MR) is 116 cm³/mol. The molecule has 0 heterocycles. The molecule has 3 rings (SSSR count). The molecule has 1 amide bonds. The second-order valence-electron chi connectivity index (χ2n) is 6.65. The number of nitrogens with one attached hydrogen (secondary N) is 1. The van der Waals surface area contributed by atoms with Crippen LogP contribution in [0.25, 0.3) is 6.08 Å². The maximum Gasteiger partial charge on any atom is 0.262 e. The molecule has 3 aromatic carbocycles. The smallest absolute Gasteiger partial charge is 0.262 e. The van der Waals surface area contributed by atoms with Crippen molar-refractivity contribution in [1.29, 1.82) is 5.26 Å². The second kappa shape index (κ2) is 10.6. The van der Waals surface area contributed by atoms with Crippen molar-refractivity contribution in [3.63, 3.8) is 0 Å². The monoisotopic (exact) mass is 416 g/mol. The van der Waals surface area contributed by atoms with Crippen molar-refractivity contribution in [3.8, 4) is 17.6 Å². The van der Waals surface area contributed by atoms with Gasteiger partial charge >= 0.3 is 0 Å². The number of para-hydroxylation sites is 1. The Morgan fingerprint density at radius 3 is 2.39 bits per heavy atom. The highest BCUT2D eigenvalue weighted by Gasteiger charge is 2.11. The molecule has 0 radical (unpaired) electrons. The molecule has 0 fully saturated rings. The number of carbonyl (C=O) groups is 1. The van der Waals surface area contributed by atoms with E-state index in [1.807, 2.05) is 18.2 Å². The Morgan fingerprint density at radius 1 is 1.03 bits per heavy atom. The predicted octanol–water partition coefficient (Wildman–Crippen LogP) is 4.64. The number of methoxy groups -OCH3 is 1. The Hall–Kier alpha value is -4.11. The summed E-state index contributed by atoms with van der Waals surface area (Å²) in [5, 5.41) is 12.2. The zero-order valence-corrected chi connectivity index (χ0v) is 17.0. The lowest BCUT2D eigenvalue weighted by atomic mass is 10.1. The van der Waals surface area contributed by atoms with Gasteiger partial charge in [-0.2, -0.15) is 5.26 Å². The summed E-state index contributed by atoms with van der Waals surface area (Å²) in [5.41, 5.74) is 2.25. The average Bonchev–Trinajstić information content (AvgIpc) is 2.81. The molecule has 31 heavy (non-hydrogen) atoms. The van der Waals surface area contributed by atoms with Gasteiger partial charge in [0, 0.05) is 12.1 Å². The Balaban J connectivity index is 1.68. The summed E-state index contributed by atoms with van der Waals surface area (Å²) >= 11 is 0. The quantitative estimate of drug-likeness (QED) is 0.429. The molecule has 1 N–H and O–H groups in total. The molecule has 0 aromatic heterocycles. The van der Waals surface area contributed by atoms with Gasteiger partial charge in [-0.05, 0) is 47.5 Å². The maximum absolute atomic E-state index is 13.1. The van der Waals surface area contributed by atoms with Crippen LogP contribution in [0.5, 0.6) is 11.5 Å². The molecule has 0 aliphatic carbocycles. The molecule has 0 bridgehead atoms. The normalized spacial score (nSPS) is 10.8. The van der Waals surface area contributed by atoms with Crippen molar-refractivity contribution in [2.24, 2.45) is 0 Å². The van der Waals surface area contributed by atoms with E-state index in [0.717, 1.165) is 16.9 Å². The standard InChI is InChI=1S/C25H21FN2O3/c1-30-23-12-8-18(9-13-23)16-28-25(29)21(15-27)14-20-4-2-3-5-24(20)31-17-19-6-10-22(26)11-7-19/h2-14H,16-17H2,1H3,(H,28,29)/b21-14-. The van der Waals surface area contributed by atoms with Gasteiger partial charge in [0.1, 0.15) is 35.6 Å². The summed E-state index contributed by atoms with van der Waals surface area (Å²) in [6.45, 7) is 0.515. The minimum Gasteiger partial charge on any atom is -0.497 e. The lowest BCUT2D eigenvalue weighted by molar-refractivity contribution is -0.117. The first kappa shape index (κ1) is 21.6. The fourth-order valence-corrected chi connectivity index (χ4v) is 2.80. The third kappa shape index (κ3) is 6.18. The number of nitrogens with zero attached hydrogens (tertiary/aromatic N) is 1. The topological polar surface area (TPSA) is 71.3 Å². The largest absolute Gasteiger partial charge is 0.497 e. The van der Waals surface area contributed by atoms with Gasteiger partial charge in [0.25, 0.3) is 5.91 Å². The summed E-state index contributed by atoms with van der Waals surface area (Å²) in [4.78, 5) is 12.5. The lowest BCUT2D eigenvalue weighted by Crippen LogP contribution is -2.23. The highest BCUT2D eigenvalue weighted by molar-refractivity contribution is 6.01. The van der Waals surface area contributed by atoms with E-state index in [2.05, 4.69) is 5.32 Å². The molecule has 0 atom stereocenters. The SMILES string of the molecule is COc1ccc(CNC(=O)/C(C#N)=C\c2ccccc2OCc2ccc(F)cc2)cc1. The molecular formula is C25H21FN2O3.